The summed E-state index contributed by atoms with van der Waals surface area (Å²) < 4.78 is 17.3. The molecule has 0 N–H and O–H groups in total. The number of esters is 2. The Kier molecular flexibility index (Phi) is 13.3. The minimum absolute atomic E-state index is 0.112. The molecule has 0 fully saturated rings. The summed E-state index contributed by atoms with van der Waals surface area (Å²) in [5.74, 6) is 0.716. The van der Waals surface area contributed by atoms with E-state index in [1.165, 1.54) is 27.2 Å². The van der Waals surface area contributed by atoms with Crippen LogP contribution >= 0.6 is 23.5 Å². The minimum atomic E-state index is -0.895. The van der Waals surface area contributed by atoms with Gasteiger partial charge in [-0.1, -0.05) is 49.3 Å². The van der Waals surface area contributed by atoms with Crippen LogP contribution in [0.3, 0.4) is 0 Å². The van der Waals surface area contributed by atoms with Crippen LogP contribution in [-0.2, 0) is 35.2 Å². The molecular weight excluding hydrogens is 426 g/mol. The van der Waals surface area contributed by atoms with E-state index in [0.717, 1.165) is 17.1 Å². The molecule has 0 unspecified atom stereocenters. The molecule has 9 heteroatoms. The molecule has 1 rings (SSSR count). The second-order valence-corrected chi connectivity index (χ2v) is 9.26. The fourth-order valence-corrected chi connectivity index (χ4v) is 5.33. The Morgan fingerprint density at radius 1 is 1.00 bits per heavy atom. The summed E-state index contributed by atoms with van der Waals surface area (Å²) in [5.41, 5.74) is 0.942. The van der Waals surface area contributed by atoms with Crippen LogP contribution < -0.4 is 0 Å². The van der Waals surface area contributed by atoms with Crippen molar-refractivity contribution in [1.82, 2.24) is 0 Å². The number of rotatable bonds is 14. The normalized spacial score (nSPS) is 14.3. The lowest BCUT2D eigenvalue weighted by Gasteiger charge is -2.34. The third-order valence-corrected chi connectivity index (χ3v) is 6.46. The Balaban J connectivity index is 3.30. The van der Waals surface area contributed by atoms with Crippen LogP contribution in [0, 0.1) is 0 Å². The van der Waals surface area contributed by atoms with Gasteiger partial charge in [0.15, 0.2) is 12.2 Å². The molecule has 0 saturated heterocycles. The molecule has 0 bridgehead atoms. The van der Waals surface area contributed by atoms with E-state index in [9.17, 15) is 9.59 Å². The molecule has 7 nitrogen and oxygen atoms in total. The molecule has 0 amide bonds. The molecule has 0 spiro atoms. The lowest BCUT2D eigenvalue weighted by atomic mass is 10.1. The zero-order chi connectivity index (χ0) is 22.4. The lowest BCUT2D eigenvalue weighted by Crippen LogP contribution is -2.49. The van der Waals surface area contributed by atoms with Crippen LogP contribution in [-0.4, -0.2) is 59.7 Å². The number of nitrogens with zero attached hydrogens (tertiary/aromatic N) is 1. The number of ether oxygens (including phenoxy) is 3. The van der Waals surface area contributed by atoms with Crippen LogP contribution in [0.25, 0.3) is 0 Å². The molecule has 0 heterocycles. The van der Waals surface area contributed by atoms with E-state index >= 15 is 0 Å². The van der Waals surface area contributed by atoms with Crippen molar-refractivity contribution < 1.29 is 28.6 Å². The maximum atomic E-state index is 11.9. The molecule has 0 aromatic heterocycles. The molecule has 30 heavy (non-hydrogen) atoms. The average molecular weight is 458 g/mol. The number of benzene rings is 1. The van der Waals surface area contributed by atoms with Gasteiger partial charge in [0.05, 0.1) is 17.4 Å². The first-order chi connectivity index (χ1) is 14.4. The number of hydrogen-bond donors (Lipinski definition) is 0. The average Bonchev–Trinajstić information content (AvgIpc) is 2.71. The third kappa shape index (κ3) is 9.86. The van der Waals surface area contributed by atoms with Crippen molar-refractivity contribution in [2.24, 2.45) is 5.16 Å². The second kappa shape index (κ2) is 15.1. The molecule has 3 atom stereocenters. The van der Waals surface area contributed by atoms with E-state index in [2.05, 4.69) is 5.16 Å². The van der Waals surface area contributed by atoms with Crippen molar-refractivity contribution in [3.8, 4) is 0 Å². The molecule has 1 aromatic carbocycles. The SMILES string of the molecule is CCSC(SCC)[C@H](OC(C)=O)[C@H](OCc1ccccc1)[C@@H](/C=N\OC)OC(C)=O. The maximum Gasteiger partial charge on any atom is 0.303 e. The summed E-state index contributed by atoms with van der Waals surface area (Å²) in [4.78, 5) is 28.5. The number of oxime groups is 1. The zero-order valence-corrected chi connectivity index (χ0v) is 19.7. The van der Waals surface area contributed by atoms with Crippen molar-refractivity contribution in [3.05, 3.63) is 35.9 Å². The number of thioether (sulfide) groups is 2. The van der Waals surface area contributed by atoms with Crippen LogP contribution in [0.1, 0.15) is 33.3 Å². The number of carbonyl (C=O) groups is 2. The van der Waals surface area contributed by atoms with E-state index in [1.807, 2.05) is 44.2 Å². The van der Waals surface area contributed by atoms with Crippen LogP contribution in [0.15, 0.2) is 35.5 Å². The van der Waals surface area contributed by atoms with Crippen molar-refractivity contribution >= 4 is 41.7 Å². The summed E-state index contributed by atoms with van der Waals surface area (Å²) in [5, 5.41) is 3.78. The van der Waals surface area contributed by atoms with Crippen LogP contribution in [0.5, 0.6) is 0 Å². The predicted octanol–water partition coefficient (Wildman–Crippen LogP) is 3.90. The van der Waals surface area contributed by atoms with Crippen LogP contribution in [0.4, 0.5) is 0 Å². The highest BCUT2D eigenvalue weighted by Crippen LogP contribution is 2.33. The number of carbonyl (C=O) groups excluding carboxylic acids is 2. The summed E-state index contributed by atoms with van der Waals surface area (Å²) in [7, 11) is 1.40. The largest absolute Gasteiger partial charge is 0.458 e. The first-order valence-corrected chi connectivity index (χ1v) is 11.8. The summed E-state index contributed by atoms with van der Waals surface area (Å²) in [6, 6.07) is 9.61. The van der Waals surface area contributed by atoms with Gasteiger partial charge >= 0.3 is 11.9 Å². The summed E-state index contributed by atoms with van der Waals surface area (Å²) in [6.07, 6.45) is -0.987. The standard InChI is InChI=1S/C21H31NO6S2/c1-6-29-21(30-7-2)20(28-16(4)24)19(18(13-22-25-5)27-15(3)23)26-14-17-11-9-8-10-12-17/h8-13,18-21H,6-7,14H2,1-5H3/b22-13-/t18-,19-,20-/m1/s1. The molecule has 0 aliphatic heterocycles. The van der Waals surface area contributed by atoms with E-state index < -0.39 is 30.3 Å². The third-order valence-electron chi connectivity index (χ3n) is 3.78. The van der Waals surface area contributed by atoms with E-state index in [-0.39, 0.29) is 11.2 Å². The first kappa shape index (κ1) is 26.3. The second-order valence-electron chi connectivity index (χ2n) is 6.13. The van der Waals surface area contributed by atoms with E-state index in [4.69, 9.17) is 19.0 Å². The molecule has 0 radical (unpaired) electrons. The topological polar surface area (TPSA) is 83.4 Å². The fraction of sp³-hybridized carbons (Fsp3) is 0.571. The Labute approximate surface area is 187 Å². The maximum absolute atomic E-state index is 11.9. The Morgan fingerprint density at radius 2 is 1.60 bits per heavy atom. The van der Waals surface area contributed by atoms with Gasteiger partial charge in [-0.2, -0.15) is 0 Å². The molecule has 0 aliphatic rings. The van der Waals surface area contributed by atoms with Gasteiger partial charge < -0.3 is 19.0 Å². The van der Waals surface area contributed by atoms with Gasteiger partial charge in [0.2, 0.25) is 0 Å². The van der Waals surface area contributed by atoms with Crippen molar-refractivity contribution in [1.29, 1.82) is 0 Å². The molecule has 0 saturated carbocycles. The van der Waals surface area contributed by atoms with Gasteiger partial charge in [-0.15, -0.1) is 23.5 Å². The highest BCUT2D eigenvalue weighted by molar-refractivity contribution is 8.17. The monoisotopic (exact) mass is 457 g/mol. The highest BCUT2D eigenvalue weighted by Gasteiger charge is 2.40. The molecular formula is C21H31NO6S2. The van der Waals surface area contributed by atoms with E-state index in [0.29, 0.717) is 0 Å². The lowest BCUT2D eigenvalue weighted by molar-refractivity contribution is -0.167. The van der Waals surface area contributed by atoms with Crippen molar-refractivity contribution in [3.63, 3.8) is 0 Å². The zero-order valence-electron chi connectivity index (χ0n) is 18.1. The van der Waals surface area contributed by atoms with Crippen molar-refractivity contribution in [2.75, 3.05) is 18.6 Å². The van der Waals surface area contributed by atoms with Gasteiger partial charge in [0, 0.05) is 13.8 Å². The van der Waals surface area contributed by atoms with Crippen LogP contribution in [0.2, 0.25) is 0 Å². The van der Waals surface area contributed by atoms with Gasteiger partial charge in [-0.3, -0.25) is 9.59 Å². The smallest absolute Gasteiger partial charge is 0.303 e. The Bertz CT molecular complexity index is 652. The summed E-state index contributed by atoms with van der Waals surface area (Å²) in [6.45, 7) is 6.99. The van der Waals surface area contributed by atoms with Gasteiger partial charge in [0.25, 0.3) is 0 Å². The predicted molar refractivity (Wildman–Crippen MR) is 122 cm³/mol. The van der Waals surface area contributed by atoms with Crippen molar-refractivity contribution in [2.45, 2.75) is 57.2 Å². The van der Waals surface area contributed by atoms with E-state index in [1.54, 1.807) is 23.5 Å². The Hall–Kier alpha value is -1.71. The van der Waals surface area contributed by atoms with Gasteiger partial charge in [-0.05, 0) is 17.1 Å². The quantitative estimate of drug-likeness (QED) is 0.180. The fourth-order valence-electron chi connectivity index (χ4n) is 2.67. The minimum Gasteiger partial charge on any atom is -0.458 e. The number of hydrogen-bond acceptors (Lipinski definition) is 9. The highest BCUT2D eigenvalue weighted by atomic mass is 32.2. The Morgan fingerprint density at radius 3 is 2.10 bits per heavy atom. The van der Waals surface area contributed by atoms with Gasteiger partial charge in [-0.25, -0.2) is 0 Å². The summed E-state index contributed by atoms with van der Waals surface area (Å²) >= 11 is 3.30. The molecule has 0 aliphatic carbocycles. The van der Waals surface area contributed by atoms with Gasteiger partial charge in [0.1, 0.15) is 13.2 Å². The first-order valence-electron chi connectivity index (χ1n) is 9.72. The molecule has 168 valence electrons. The molecule has 1 aromatic rings.